The van der Waals surface area contributed by atoms with E-state index in [-0.39, 0.29) is 16.3 Å². The van der Waals surface area contributed by atoms with Gasteiger partial charge in [0.15, 0.2) is 0 Å². The molecule has 0 saturated carbocycles. The molecule has 0 aliphatic rings. The highest BCUT2D eigenvalue weighted by molar-refractivity contribution is 6.34. The van der Waals surface area contributed by atoms with E-state index in [1.807, 2.05) is 0 Å². The number of aryl methyl sites for hydroxylation is 1. The lowest BCUT2D eigenvalue weighted by Gasteiger charge is -2.13. The van der Waals surface area contributed by atoms with E-state index in [0.29, 0.717) is 22.6 Å². The zero-order chi connectivity index (χ0) is 23.6. The minimum Gasteiger partial charge on any atom is -0.318 e. The lowest BCUT2D eigenvalue weighted by atomic mass is 10.2. The molecule has 0 aliphatic carbocycles. The summed E-state index contributed by atoms with van der Waals surface area (Å²) in [4.78, 5) is 22.4. The number of nitro groups is 1. The molecule has 0 unspecified atom stereocenters. The van der Waals surface area contributed by atoms with Crippen LogP contribution in [0.5, 0.6) is 0 Å². The normalized spacial score (nSPS) is 11.7. The second-order valence-corrected chi connectivity index (χ2v) is 7.24. The summed E-state index contributed by atoms with van der Waals surface area (Å²) in [6.07, 6.45) is -3.11. The summed E-state index contributed by atoms with van der Waals surface area (Å²) in [7, 11) is 0. The first-order valence-corrected chi connectivity index (χ1v) is 9.50. The van der Waals surface area contributed by atoms with Crippen LogP contribution in [-0.2, 0) is 6.18 Å². The Balaban J connectivity index is 1.81. The van der Waals surface area contributed by atoms with E-state index in [9.17, 15) is 28.1 Å². The minimum absolute atomic E-state index is 0.00357. The Morgan fingerprint density at radius 1 is 1.19 bits per heavy atom. The highest BCUT2D eigenvalue weighted by Crippen LogP contribution is 2.31. The standard InChI is InChI=1S/C21H16ClF3N4O3/c1-12-8-14(13(2)28(12)16-5-3-4-15(9-16)21(23,24)25)11-26-27-20(30)18-7-6-17(29(31)32)10-19(18)22/h3-11H,1-2H3,(H,27,30). The molecule has 3 aromatic rings. The van der Waals surface area contributed by atoms with Crippen molar-refractivity contribution in [3.63, 3.8) is 0 Å². The number of hydrazone groups is 1. The van der Waals surface area contributed by atoms with E-state index >= 15 is 0 Å². The summed E-state index contributed by atoms with van der Waals surface area (Å²) >= 11 is 5.93. The smallest absolute Gasteiger partial charge is 0.318 e. The van der Waals surface area contributed by atoms with Crippen molar-refractivity contribution in [3.8, 4) is 5.69 Å². The molecule has 7 nitrogen and oxygen atoms in total. The maximum absolute atomic E-state index is 13.0. The van der Waals surface area contributed by atoms with Crippen molar-refractivity contribution < 1.29 is 22.9 Å². The number of alkyl halides is 3. The fourth-order valence-electron chi connectivity index (χ4n) is 3.16. The van der Waals surface area contributed by atoms with Gasteiger partial charge < -0.3 is 4.57 Å². The van der Waals surface area contributed by atoms with Gasteiger partial charge in [-0.1, -0.05) is 17.7 Å². The second kappa shape index (κ2) is 8.83. The number of hydrogen-bond donors (Lipinski definition) is 1. The topological polar surface area (TPSA) is 89.5 Å². The summed E-state index contributed by atoms with van der Waals surface area (Å²) in [6, 6.07) is 10.1. The molecule has 3 rings (SSSR count). The summed E-state index contributed by atoms with van der Waals surface area (Å²) < 4.78 is 40.8. The fourth-order valence-corrected chi connectivity index (χ4v) is 3.42. The maximum Gasteiger partial charge on any atom is 0.416 e. The van der Waals surface area contributed by atoms with Crippen molar-refractivity contribution >= 4 is 29.4 Å². The number of non-ortho nitro benzene ring substituents is 1. The van der Waals surface area contributed by atoms with Crippen LogP contribution in [0.15, 0.2) is 53.6 Å². The highest BCUT2D eigenvalue weighted by Gasteiger charge is 2.30. The molecule has 1 N–H and O–H groups in total. The molecule has 32 heavy (non-hydrogen) atoms. The first-order chi connectivity index (χ1) is 15.0. The van der Waals surface area contributed by atoms with Crippen LogP contribution in [0.1, 0.15) is 32.9 Å². The van der Waals surface area contributed by atoms with Crippen molar-refractivity contribution in [2.45, 2.75) is 20.0 Å². The number of amides is 1. The molecular weight excluding hydrogens is 449 g/mol. The van der Waals surface area contributed by atoms with Gasteiger partial charge in [-0.2, -0.15) is 18.3 Å². The van der Waals surface area contributed by atoms with E-state index < -0.39 is 22.6 Å². The third kappa shape index (κ3) is 4.80. The molecule has 11 heteroatoms. The summed E-state index contributed by atoms with van der Waals surface area (Å²) in [6.45, 7) is 3.45. The molecule has 0 radical (unpaired) electrons. The monoisotopic (exact) mass is 464 g/mol. The van der Waals surface area contributed by atoms with Crippen molar-refractivity contribution in [1.82, 2.24) is 9.99 Å². The molecule has 166 valence electrons. The van der Waals surface area contributed by atoms with Crippen LogP contribution >= 0.6 is 11.6 Å². The predicted molar refractivity (Wildman–Crippen MR) is 113 cm³/mol. The average molecular weight is 465 g/mol. The van der Waals surface area contributed by atoms with Crippen LogP contribution in [0.2, 0.25) is 5.02 Å². The van der Waals surface area contributed by atoms with Gasteiger partial charge >= 0.3 is 6.18 Å². The van der Waals surface area contributed by atoms with E-state index in [4.69, 9.17) is 11.6 Å². The van der Waals surface area contributed by atoms with E-state index in [1.165, 1.54) is 18.3 Å². The molecule has 0 atom stereocenters. The molecular formula is C21H16ClF3N4O3. The van der Waals surface area contributed by atoms with E-state index in [0.717, 1.165) is 24.3 Å². The first-order valence-electron chi connectivity index (χ1n) is 9.13. The Bertz CT molecular complexity index is 1240. The summed E-state index contributed by atoms with van der Waals surface area (Å²) in [5, 5.41) is 14.5. The summed E-state index contributed by atoms with van der Waals surface area (Å²) in [5.74, 6) is -0.673. The van der Waals surface area contributed by atoms with Crippen molar-refractivity contribution in [1.29, 1.82) is 0 Å². The van der Waals surface area contributed by atoms with Crippen molar-refractivity contribution in [3.05, 3.63) is 91.7 Å². The number of carbonyl (C=O) groups excluding carboxylic acids is 1. The number of halogens is 4. The molecule has 0 aliphatic heterocycles. The molecule has 1 aromatic heterocycles. The molecule has 0 spiro atoms. The Morgan fingerprint density at radius 2 is 1.91 bits per heavy atom. The number of nitrogens with zero attached hydrogens (tertiary/aromatic N) is 3. The van der Waals surface area contributed by atoms with Crippen LogP contribution in [0.25, 0.3) is 5.69 Å². The molecule has 0 saturated heterocycles. The Morgan fingerprint density at radius 3 is 2.53 bits per heavy atom. The highest BCUT2D eigenvalue weighted by atomic mass is 35.5. The van der Waals surface area contributed by atoms with E-state index in [1.54, 1.807) is 30.5 Å². The van der Waals surface area contributed by atoms with Gasteiger partial charge in [-0.25, -0.2) is 5.43 Å². The molecule has 1 amide bonds. The number of aromatic nitrogens is 1. The Hall–Kier alpha value is -3.66. The van der Waals surface area contributed by atoms with Gasteiger partial charge in [0.25, 0.3) is 11.6 Å². The molecule has 0 fully saturated rings. The number of nitro benzene ring substituents is 1. The van der Waals surface area contributed by atoms with Crippen LogP contribution in [0.4, 0.5) is 18.9 Å². The van der Waals surface area contributed by atoms with Crippen LogP contribution < -0.4 is 5.43 Å². The van der Waals surface area contributed by atoms with Gasteiger partial charge in [0, 0.05) is 34.8 Å². The lowest BCUT2D eigenvalue weighted by Crippen LogP contribution is -2.18. The van der Waals surface area contributed by atoms with Crippen molar-refractivity contribution in [2.24, 2.45) is 5.10 Å². The third-order valence-corrected chi connectivity index (χ3v) is 4.99. The van der Waals surface area contributed by atoms with Crippen LogP contribution in [0, 0.1) is 24.0 Å². The number of benzene rings is 2. The van der Waals surface area contributed by atoms with Crippen molar-refractivity contribution in [2.75, 3.05) is 0 Å². The number of hydrogen-bond acceptors (Lipinski definition) is 4. The largest absolute Gasteiger partial charge is 0.416 e. The Kier molecular flexibility index (Phi) is 6.35. The Labute approximate surface area is 185 Å². The van der Waals surface area contributed by atoms with Gasteiger partial charge in [0.05, 0.1) is 27.3 Å². The lowest BCUT2D eigenvalue weighted by molar-refractivity contribution is -0.384. The molecule has 1 heterocycles. The van der Waals surface area contributed by atoms with Gasteiger partial charge in [0.2, 0.25) is 0 Å². The predicted octanol–water partition coefficient (Wildman–Crippen LogP) is 5.44. The minimum atomic E-state index is -4.46. The van der Waals surface area contributed by atoms with Gasteiger partial charge in [-0.15, -0.1) is 0 Å². The molecule has 0 bridgehead atoms. The third-order valence-electron chi connectivity index (χ3n) is 4.68. The molecule has 2 aromatic carbocycles. The number of rotatable bonds is 5. The van der Waals surface area contributed by atoms with Gasteiger partial charge in [-0.05, 0) is 44.2 Å². The first kappa shape index (κ1) is 23.0. The average Bonchev–Trinajstić information content (AvgIpc) is 3.00. The number of nitrogens with one attached hydrogen (secondary N) is 1. The van der Waals surface area contributed by atoms with Gasteiger partial charge in [-0.3, -0.25) is 14.9 Å². The van der Waals surface area contributed by atoms with Gasteiger partial charge in [0.1, 0.15) is 0 Å². The SMILES string of the molecule is Cc1cc(C=NNC(=O)c2ccc([N+](=O)[O-])cc2Cl)c(C)n1-c1cccc(C(F)(F)F)c1. The fraction of sp³-hybridized carbons (Fsp3) is 0.143. The quantitative estimate of drug-likeness (QED) is 0.310. The van der Waals surface area contributed by atoms with Crippen LogP contribution in [-0.4, -0.2) is 21.6 Å². The van der Waals surface area contributed by atoms with Crippen LogP contribution in [0.3, 0.4) is 0 Å². The second-order valence-electron chi connectivity index (χ2n) is 6.83. The zero-order valence-electron chi connectivity index (χ0n) is 16.8. The summed E-state index contributed by atoms with van der Waals surface area (Å²) in [5.41, 5.74) is 3.49. The maximum atomic E-state index is 13.0. The number of carbonyl (C=O) groups is 1. The zero-order valence-corrected chi connectivity index (χ0v) is 17.5. The van der Waals surface area contributed by atoms with E-state index in [2.05, 4.69) is 10.5 Å².